The van der Waals surface area contributed by atoms with Gasteiger partial charge < -0.3 is 9.64 Å². The van der Waals surface area contributed by atoms with Gasteiger partial charge in [0, 0.05) is 17.9 Å². The predicted molar refractivity (Wildman–Crippen MR) is 76.6 cm³/mol. The van der Waals surface area contributed by atoms with Gasteiger partial charge in [-0.2, -0.15) is 0 Å². The van der Waals surface area contributed by atoms with Crippen LogP contribution in [0.5, 0.6) is 6.01 Å². The molecule has 0 radical (unpaired) electrons. The zero-order valence-electron chi connectivity index (χ0n) is 12.3. The predicted octanol–water partition coefficient (Wildman–Crippen LogP) is 2.04. The topological polar surface area (TPSA) is 55.3 Å². The molecule has 0 aromatic carbocycles. The molecule has 0 unspecified atom stereocenters. The van der Waals surface area contributed by atoms with Crippen LogP contribution < -0.4 is 4.74 Å². The molecule has 1 amide bonds. The maximum Gasteiger partial charge on any atom is 0.317 e. The van der Waals surface area contributed by atoms with Gasteiger partial charge in [0.05, 0.1) is 6.54 Å². The Morgan fingerprint density at radius 1 is 1.40 bits per heavy atom. The number of nitrogens with zero attached hydrogens (tertiary/aromatic N) is 3. The molecule has 20 heavy (non-hydrogen) atoms. The number of carbonyl (C=O) groups excluding carboxylic acids is 1. The Labute approximate surface area is 119 Å². The van der Waals surface area contributed by atoms with Crippen LogP contribution in [-0.2, 0) is 4.79 Å². The molecule has 1 fully saturated rings. The van der Waals surface area contributed by atoms with Gasteiger partial charge in [-0.25, -0.2) is 9.97 Å². The average Bonchev–Trinajstić information content (AvgIpc) is 2.38. The summed E-state index contributed by atoms with van der Waals surface area (Å²) >= 11 is 0. The van der Waals surface area contributed by atoms with E-state index in [0.717, 1.165) is 30.8 Å². The number of likely N-dealkylation sites (tertiary alicyclic amines) is 1. The second kappa shape index (κ2) is 6.50. The number of carbonyl (C=O) groups is 1. The van der Waals surface area contributed by atoms with E-state index in [-0.39, 0.29) is 12.0 Å². The fraction of sp³-hybridized carbons (Fsp3) is 0.533. The molecule has 5 nitrogen and oxygen atoms in total. The number of piperidine rings is 1. The minimum atomic E-state index is -0.0286. The van der Waals surface area contributed by atoms with Crippen LogP contribution in [0.4, 0.5) is 0 Å². The maximum atomic E-state index is 11.9. The first-order valence-electron chi connectivity index (χ1n) is 6.99. The van der Waals surface area contributed by atoms with Crippen molar-refractivity contribution in [1.29, 1.82) is 0 Å². The molecule has 5 heteroatoms. The summed E-state index contributed by atoms with van der Waals surface area (Å²) in [5.74, 6) is 0.0436. The van der Waals surface area contributed by atoms with Crippen LogP contribution in [-0.4, -0.2) is 40.0 Å². The summed E-state index contributed by atoms with van der Waals surface area (Å²) in [6.45, 7) is 7.07. The third-order valence-electron chi connectivity index (χ3n) is 3.23. The third kappa shape index (κ3) is 3.79. The van der Waals surface area contributed by atoms with Gasteiger partial charge in [0.25, 0.3) is 0 Å². The average molecular weight is 275 g/mol. The number of hydrogen-bond acceptors (Lipinski definition) is 4. The number of ether oxygens (including phenoxy) is 1. The van der Waals surface area contributed by atoms with Crippen LogP contribution in [0.3, 0.4) is 0 Å². The zero-order chi connectivity index (χ0) is 14.5. The first kappa shape index (κ1) is 14.5. The minimum absolute atomic E-state index is 0.0286. The highest BCUT2D eigenvalue weighted by Crippen LogP contribution is 2.16. The number of amides is 1. The second-order valence-corrected chi connectivity index (χ2v) is 5.10. The molecule has 1 aliphatic heterocycles. The Hall–Kier alpha value is -1.91. The van der Waals surface area contributed by atoms with Gasteiger partial charge in [0.2, 0.25) is 5.91 Å². The SMILES string of the molecule is C/C=C/C(=O)N1CCC[C@@H](Oc2nc(C)cc(C)n2)C1. The molecule has 1 aliphatic rings. The lowest BCUT2D eigenvalue weighted by Gasteiger charge is -2.31. The monoisotopic (exact) mass is 275 g/mol. The first-order valence-corrected chi connectivity index (χ1v) is 6.99. The van der Waals surface area contributed by atoms with Crippen molar-refractivity contribution >= 4 is 5.91 Å². The van der Waals surface area contributed by atoms with Crippen LogP contribution in [0.2, 0.25) is 0 Å². The molecule has 0 saturated carbocycles. The normalized spacial score (nSPS) is 19.4. The van der Waals surface area contributed by atoms with Crippen molar-refractivity contribution in [3.05, 3.63) is 29.6 Å². The molecule has 1 aromatic rings. The Balaban J connectivity index is 2.00. The Bertz CT molecular complexity index is 494. The van der Waals surface area contributed by atoms with Gasteiger partial charge in [-0.15, -0.1) is 0 Å². The summed E-state index contributed by atoms with van der Waals surface area (Å²) in [7, 11) is 0. The van der Waals surface area contributed by atoms with E-state index in [0.29, 0.717) is 12.6 Å². The van der Waals surface area contributed by atoms with Crippen molar-refractivity contribution in [2.45, 2.75) is 39.7 Å². The van der Waals surface area contributed by atoms with Crippen LogP contribution in [0.1, 0.15) is 31.2 Å². The Kier molecular flexibility index (Phi) is 4.71. The Morgan fingerprint density at radius 2 is 2.10 bits per heavy atom. The van der Waals surface area contributed by atoms with Gasteiger partial charge in [0.15, 0.2) is 0 Å². The number of hydrogen-bond donors (Lipinski definition) is 0. The summed E-state index contributed by atoms with van der Waals surface area (Å²) < 4.78 is 5.84. The van der Waals surface area contributed by atoms with Crippen molar-refractivity contribution < 1.29 is 9.53 Å². The van der Waals surface area contributed by atoms with Crippen molar-refractivity contribution in [3.63, 3.8) is 0 Å². The molecule has 2 heterocycles. The summed E-state index contributed by atoms with van der Waals surface area (Å²) in [5, 5.41) is 0. The lowest BCUT2D eigenvalue weighted by Crippen LogP contribution is -2.43. The molecular formula is C15H21N3O2. The number of rotatable bonds is 3. The summed E-state index contributed by atoms with van der Waals surface area (Å²) in [5.41, 5.74) is 1.79. The molecule has 1 aromatic heterocycles. The van der Waals surface area contributed by atoms with Gasteiger partial charge in [-0.05, 0) is 45.8 Å². The van der Waals surface area contributed by atoms with E-state index >= 15 is 0 Å². The largest absolute Gasteiger partial charge is 0.458 e. The van der Waals surface area contributed by atoms with Crippen LogP contribution in [0.15, 0.2) is 18.2 Å². The van der Waals surface area contributed by atoms with E-state index in [1.54, 1.807) is 12.2 Å². The first-order chi connectivity index (χ1) is 9.58. The highest BCUT2D eigenvalue weighted by atomic mass is 16.5. The van der Waals surface area contributed by atoms with Crippen molar-refractivity contribution in [1.82, 2.24) is 14.9 Å². The molecule has 108 valence electrons. The smallest absolute Gasteiger partial charge is 0.317 e. The lowest BCUT2D eigenvalue weighted by molar-refractivity contribution is -0.128. The van der Waals surface area contributed by atoms with Gasteiger partial charge in [0.1, 0.15) is 6.10 Å². The molecule has 0 aliphatic carbocycles. The van der Waals surface area contributed by atoms with Crippen LogP contribution >= 0.6 is 0 Å². The van der Waals surface area contributed by atoms with E-state index in [1.807, 2.05) is 31.7 Å². The maximum absolute atomic E-state index is 11.9. The van der Waals surface area contributed by atoms with Gasteiger partial charge in [-0.1, -0.05) is 6.08 Å². The fourth-order valence-electron chi connectivity index (χ4n) is 2.38. The van der Waals surface area contributed by atoms with Crippen molar-refractivity contribution in [3.8, 4) is 6.01 Å². The molecular weight excluding hydrogens is 254 g/mol. The molecule has 1 atom stereocenters. The van der Waals surface area contributed by atoms with Crippen molar-refractivity contribution in [2.75, 3.05) is 13.1 Å². The van der Waals surface area contributed by atoms with Crippen LogP contribution in [0.25, 0.3) is 0 Å². The summed E-state index contributed by atoms with van der Waals surface area (Å²) in [6, 6.07) is 2.32. The standard InChI is InChI=1S/C15H21N3O2/c1-4-6-14(19)18-8-5-7-13(10-18)20-15-16-11(2)9-12(3)17-15/h4,6,9,13H,5,7-8,10H2,1-3H3/b6-4+/t13-/m1/s1. The van der Waals surface area contributed by atoms with E-state index < -0.39 is 0 Å². The highest BCUT2D eigenvalue weighted by molar-refractivity contribution is 5.87. The lowest BCUT2D eigenvalue weighted by atomic mass is 10.1. The summed E-state index contributed by atoms with van der Waals surface area (Å²) in [6.07, 6.45) is 5.20. The van der Waals surface area contributed by atoms with Gasteiger partial charge in [-0.3, -0.25) is 4.79 Å². The van der Waals surface area contributed by atoms with Crippen LogP contribution in [0, 0.1) is 13.8 Å². The minimum Gasteiger partial charge on any atom is -0.458 e. The van der Waals surface area contributed by atoms with E-state index in [1.165, 1.54) is 0 Å². The Morgan fingerprint density at radius 3 is 2.75 bits per heavy atom. The second-order valence-electron chi connectivity index (χ2n) is 5.10. The highest BCUT2D eigenvalue weighted by Gasteiger charge is 2.24. The molecule has 0 bridgehead atoms. The third-order valence-corrected chi connectivity index (χ3v) is 3.23. The summed E-state index contributed by atoms with van der Waals surface area (Å²) in [4.78, 5) is 22.2. The molecule has 0 spiro atoms. The van der Waals surface area contributed by atoms with Crippen molar-refractivity contribution in [2.24, 2.45) is 0 Å². The molecule has 2 rings (SSSR count). The van der Waals surface area contributed by atoms with E-state index in [9.17, 15) is 4.79 Å². The fourth-order valence-corrected chi connectivity index (χ4v) is 2.38. The van der Waals surface area contributed by atoms with E-state index in [4.69, 9.17) is 4.74 Å². The number of aryl methyl sites for hydroxylation is 2. The molecule has 1 saturated heterocycles. The zero-order valence-corrected chi connectivity index (χ0v) is 12.3. The van der Waals surface area contributed by atoms with E-state index in [2.05, 4.69) is 9.97 Å². The molecule has 0 N–H and O–H groups in total. The van der Waals surface area contributed by atoms with Gasteiger partial charge >= 0.3 is 6.01 Å². The quantitative estimate of drug-likeness (QED) is 0.792. The number of aromatic nitrogens is 2. The number of allylic oxidation sites excluding steroid dienone is 1.